The molecule has 1 saturated heterocycles. The van der Waals surface area contributed by atoms with Crippen molar-refractivity contribution in [3.8, 4) is 0 Å². The second-order valence-corrected chi connectivity index (χ2v) is 11.8. The Balaban J connectivity index is 2.26. The van der Waals surface area contributed by atoms with Crippen molar-refractivity contribution in [1.82, 2.24) is 13.9 Å². The van der Waals surface area contributed by atoms with Crippen molar-refractivity contribution in [3.63, 3.8) is 0 Å². The largest absolute Gasteiger partial charge is 0.310 e. The number of nitrogens with one attached hydrogen (secondary N) is 1. The van der Waals surface area contributed by atoms with Gasteiger partial charge in [-0.1, -0.05) is 13.8 Å². The van der Waals surface area contributed by atoms with Crippen molar-refractivity contribution in [2.45, 2.75) is 29.7 Å². The second kappa shape index (κ2) is 9.27. The van der Waals surface area contributed by atoms with Crippen molar-refractivity contribution in [1.29, 1.82) is 0 Å². The van der Waals surface area contributed by atoms with Gasteiger partial charge in [0.25, 0.3) is 5.69 Å². The summed E-state index contributed by atoms with van der Waals surface area (Å²) in [6, 6.07) is 3.06. The van der Waals surface area contributed by atoms with E-state index in [0.29, 0.717) is 13.1 Å². The Morgan fingerprint density at radius 2 is 2.00 bits per heavy atom. The first-order valence-electron chi connectivity index (χ1n) is 8.98. The summed E-state index contributed by atoms with van der Waals surface area (Å²) in [5, 5.41) is 14.2. The molecule has 0 amide bonds. The average molecular weight is 467 g/mol. The van der Waals surface area contributed by atoms with Gasteiger partial charge < -0.3 is 5.32 Å². The molecule has 1 atom stereocenters. The minimum atomic E-state index is -4.03. The number of nitro groups is 1. The van der Waals surface area contributed by atoms with Crippen LogP contribution in [0.1, 0.15) is 13.8 Å². The highest BCUT2D eigenvalue weighted by atomic mass is 32.2. The maximum atomic E-state index is 13.1. The molecule has 0 bridgehead atoms. The predicted octanol–water partition coefficient (Wildman–Crippen LogP) is 0.764. The third-order valence-corrected chi connectivity index (χ3v) is 8.13. The minimum Gasteiger partial charge on any atom is -0.310 e. The molecule has 0 unspecified atom stereocenters. The number of thiol groups is 1. The van der Waals surface area contributed by atoms with Crippen molar-refractivity contribution in [3.05, 3.63) is 28.3 Å². The molecular weight excluding hydrogens is 440 g/mol. The molecule has 1 aromatic rings. The Labute approximate surface area is 176 Å². The van der Waals surface area contributed by atoms with Gasteiger partial charge in [0.1, 0.15) is 4.90 Å². The van der Waals surface area contributed by atoms with E-state index >= 15 is 0 Å². The molecule has 1 aliphatic rings. The summed E-state index contributed by atoms with van der Waals surface area (Å²) in [4.78, 5) is 10.2. The van der Waals surface area contributed by atoms with Crippen LogP contribution in [-0.4, -0.2) is 75.4 Å². The van der Waals surface area contributed by atoms with Crippen molar-refractivity contribution in [2.24, 2.45) is 5.92 Å². The molecule has 164 valence electrons. The molecule has 0 saturated carbocycles. The zero-order valence-electron chi connectivity index (χ0n) is 16.5. The van der Waals surface area contributed by atoms with Crippen LogP contribution in [0.3, 0.4) is 0 Å². The smallest absolute Gasteiger partial charge is 0.270 e. The Morgan fingerprint density at radius 1 is 1.34 bits per heavy atom. The van der Waals surface area contributed by atoms with Gasteiger partial charge in [-0.3, -0.25) is 10.1 Å². The van der Waals surface area contributed by atoms with E-state index in [2.05, 4.69) is 17.9 Å². The standard InChI is InChI=1S/C16H26N4O6S3/c1-12(2)9-19(28(3,23)24)11-13-10-18(7-6-17-13)29(25,26)16-8-14(20(21)22)4-5-15(16)27/h4-5,8,12-13,17,27H,6-7,9-11H2,1-3H3/t13-/m1/s1. The van der Waals surface area contributed by atoms with E-state index in [1.807, 2.05) is 13.8 Å². The van der Waals surface area contributed by atoms with Gasteiger partial charge in [-0.05, 0) is 12.0 Å². The molecule has 2 rings (SSSR count). The number of piperazine rings is 1. The first-order chi connectivity index (χ1) is 13.3. The number of benzene rings is 1. The molecular formula is C16H26N4O6S3. The van der Waals surface area contributed by atoms with Gasteiger partial charge >= 0.3 is 0 Å². The van der Waals surface area contributed by atoms with E-state index in [1.54, 1.807) is 0 Å². The monoisotopic (exact) mass is 466 g/mol. The average Bonchev–Trinajstić information content (AvgIpc) is 2.60. The molecule has 0 radical (unpaired) electrons. The lowest BCUT2D eigenvalue weighted by atomic mass is 10.2. The summed E-state index contributed by atoms with van der Waals surface area (Å²) >= 11 is 4.15. The molecule has 0 spiro atoms. The number of hydrogen-bond acceptors (Lipinski definition) is 8. The Hall–Kier alpha value is -1.25. The maximum absolute atomic E-state index is 13.1. The molecule has 0 aliphatic carbocycles. The quantitative estimate of drug-likeness (QED) is 0.329. The predicted molar refractivity (Wildman–Crippen MR) is 112 cm³/mol. The second-order valence-electron chi connectivity index (χ2n) is 7.40. The van der Waals surface area contributed by atoms with Gasteiger partial charge in [0.05, 0.1) is 11.2 Å². The van der Waals surface area contributed by atoms with E-state index in [-0.39, 0.29) is 41.0 Å². The zero-order valence-corrected chi connectivity index (χ0v) is 19.0. The number of nitrogens with zero attached hydrogens (tertiary/aromatic N) is 3. The summed E-state index contributed by atoms with van der Waals surface area (Å²) in [7, 11) is -7.48. The van der Waals surface area contributed by atoms with E-state index in [9.17, 15) is 26.9 Å². The third-order valence-electron chi connectivity index (χ3n) is 4.45. The molecule has 13 heteroatoms. The van der Waals surface area contributed by atoms with E-state index in [1.165, 1.54) is 20.7 Å². The molecule has 29 heavy (non-hydrogen) atoms. The number of rotatable bonds is 8. The molecule has 1 aliphatic heterocycles. The number of non-ortho nitro benzene ring substituents is 1. The lowest BCUT2D eigenvalue weighted by molar-refractivity contribution is -0.385. The first-order valence-corrected chi connectivity index (χ1v) is 12.7. The minimum absolute atomic E-state index is 0.0440. The summed E-state index contributed by atoms with van der Waals surface area (Å²) in [5.74, 6) is 0.116. The van der Waals surface area contributed by atoms with Crippen LogP contribution in [0.5, 0.6) is 0 Å². The molecule has 1 aromatic carbocycles. The van der Waals surface area contributed by atoms with E-state index < -0.39 is 31.0 Å². The molecule has 10 nitrogen and oxygen atoms in total. The van der Waals surface area contributed by atoms with Crippen LogP contribution in [-0.2, 0) is 20.0 Å². The Kier molecular flexibility index (Phi) is 7.68. The van der Waals surface area contributed by atoms with Gasteiger partial charge in [0.2, 0.25) is 20.0 Å². The normalized spacial score (nSPS) is 19.0. The first kappa shape index (κ1) is 24.0. The highest BCUT2D eigenvalue weighted by Crippen LogP contribution is 2.28. The fourth-order valence-electron chi connectivity index (χ4n) is 3.10. The van der Waals surface area contributed by atoms with Crippen molar-refractivity contribution in [2.75, 3.05) is 39.0 Å². The van der Waals surface area contributed by atoms with E-state index in [0.717, 1.165) is 12.3 Å². The Morgan fingerprint density at radius 3 is 2.55 bits per heavy atom. The van der Waals surface area contributed by atoms with Crippen LogP contribution >= 0.6 is 12.6 Å². The lowest BCUT2D eigenvalue weighted by Gasteiger charge is -2.35. The fraction of sp³-hybridized carbons (Fsp3) is 0.625. The molecule has 0 aromatic heterocycles. The number of nitro benzene ring substituents is 1. The van der Waals surface area contributed by atoms with E-state index in [4.69, 9.17) is 0 Å². The van der Waals surface area contributed by atoms with Crippen LogP contribution in [0, 0.1) is 16.0 Å². The lowest BCUT2D eigenvalue weighted by Crippen LogP contribution is -2.57. The molecule has 1 N–H and O–H groups in total. The van der Waals surface area contributed by atoms with Crippen molar-refractivity contribution < 1.29 is 21.8 Å². The van der Waals surface area contributed by atoms with Crippen LogP contribution in [0.4, 0.5) is 5.69 Å². The topological polar surface area (TPSA) is 130 Å². The third kappa shape index (κ3) is 6.12. The van der Waals surface area contributed by atoms with Crippen molar-refractivity contribution >= 4 is 38.4 Å². The highest BCUT2D eigenvalue weighted by molar-refractivity contribution is 7.90. The molecule has 1 fully saturated rings. The maximum Gasteiger partial charge on any atom is 0.270 e. The highest BCUT2D eigenvalue weighted by Gasteiger charge is 2.34. The Bertz CT molecular complexity index is 965. The van der Waals surface area contributed by atoms with Crippen LogP contribution in [0.25, 0.3) is 0 Å². The van der Waals surface area contributed by atoms with Crippen LogP contribution < -0.4 is 5.32 Å². The molecule has 1 heterocycles. The van der Waals surface area contributed by atoms with Gasteiger partial charge in [0, 0.05) is 55.8 Å². The summed E-state index contributed by atoms with van der Waals surface area (Å²) in [5.41, 5.74) is -0.340. The van der Waals surface area contributed by atoms with Crippen LogP contribution in [0.2, 0.25) is 0 Å². The summed E-state index contributed by atoms with van der Waals surface area (Å²) in [6.45, 7) is 4.81. The number of sulfonamides is 2. The fourth-order valence-corrected chi connectivity index (χ4v) is 6.19. The van der Waals surface area contributed by atoms with Gasteiger partial charge in [-0.2, -0.15) is 4.31 Å². The van der Waals surface area contributed by atoms with Crippen LogP contribution in [0.15, 0.2) is 28.0 Å². The summed E-state index contributed by atoms with van der Waals surface area (Å²) in [6.07, 6.45) is 1.13. The number of hydrogen-bond donors (Lipinski definition) is 2. The zero-order chi connectivity index (χ0) is 22.0. The van der Waals surface area contributed by atoms with Gasteiger partial charge in [-0.25, -0.2) is 21.1 Å². The van der Waals surface area contributed by atoms with Gasteiger partial charge in [0.15, 0.2) is 0 Å². The summed E-state index contributed by atoms with van der Waals surface area (Å²) < 4.78 is 52.9. The van der Waals surface area contributed by atoms with Gasteiger partial charge in [-0.15, -0.1) is 12.6 Å². The SMILES string of the molecule is CC(C)CN(C[C@H]1CN(S(=O)(=O)c2cc([N+](=O)[O-])ccc2S)CCN1)S(C)(=O)=O.